The predicted octanol–water partition coefficient (Wildman–Crippen LogP) is 1.31. The van der Waals surface area contributed by atoms with Crippen LogP contribution in [0.25, 0.3) is 0 Å². The number of nitrogens with zero attached hydrogens (tertiary/aromatic N) is 3. The van der Waals surface area contributed by atoms with E-state index in [1.54, 1.807) is 6.07 Å². The van der Waals surface area contributed by atoms with Crippen molar-refractivity contribution in [1.82, 2.24) is 14.8 Å². The van der Waals surface area contributed by atoms with Crippen molar-refractivity contribution in [2.75, 3.05) is 26.7 Å². The third kappa shape index (κ3) is 2.96. The van der Waals surface area contributed by atoms with Crippen LogP contribution in [0, 0.1) is 0 Å². The van der Waals surface area contributed by atoms with Gasteiger partial charge in [-0.3, -0.25) is 14.8 Å². The van der Waals surface area contributed by atoms with Crippen molar-refractivity contribution in [2.24, 2.45) is 0 Å². The summed E-state index contributed by atoms with van der Waals surface area (Å²) in [6, 6.07) is 3.59. The van der Waals surface area contributed by atoms with Crippen LogP contribution in [-0.4, -0.2) is 52.1 Å². The Bertz CT molecular complexity index is 375. The molecule has 4 heteroatoms. The average Bonchev–Trinajstić information content (AvgIpc) is 2.26. The molecule has 94 valence electrons. The first-order chi connectivity index (χ1) is 7.97. The molecule has 4 nitrogen and oxygen atoms in total. The summed E-state index contributed by atoms with van der Waals surface area (Å²) in [5.74, 6) is 0.229. The maximum Gasteiger partial charge on any atom is 0.133 e. The van der Waals surface area contributed by atoms with Crippen LogP contribution in [0.15, 0.2) is 18.3 Å². The van der Waals surface area contributed by atoms with Gasteiger partial charge in [0.15, 0.2) is 0 Å². The highest BCUT2D eigenvalue weighted by Gasteiger charge is 2.30. The molecule has 1 aromatic heterocycles. The van der Waals surface area contributed by atoms with Gasteiger partial charge in [0, 0.05) is 31.7 Å². The van der Waals surface area contributed by atoms with Crippen molar-refractivity contribution in [1.29, 1.82) is 0 Å². The summed E-state index contributed by atoms with van der Waals surface area (Å²) < 4.78 is 0. The van der Waals surface area contributed by atoms with Crippen molar-refractivity contribution < 1.29 is 5.11 Å². The second-order valence-corrected chi connectivity index (χ2v) is 5.45. The molecule has 1 aromatic rings. The molecule has 1 N–H and O–H groups in total. The Balaban J connectivity index is 1.98. The molecule has 0 amide bonds. The van der Waals surface area contributed by atoms with E-state index in [9.17, 15) is 5.11 Å². The predicted molar refractivity (Wildman–Crippen MR) is 67.9 cm³/mol. The minimum atomic E-state index is 0.217. The molecule has 1 aliphatic rings. The Morgan fingerprint density at radius 1 is 1.35 bits per heavy atom. The fourth-order valence-corrected chi connectivity index (χ4v) is 2.22. The van der Waals surface area contributed by atoms with Crippen LogP contribution in [-0.2, 0) is 6.54 Å². The fourth-order valence-electron chi connectivity index (χ4n) is 2.22. The highest BCUT2D eigenvalue weighted by atomic mass is 16.3. The van der Waals surface area contributed by atoms with Crippen molar-refractivity contribution in [3.05, 3.63) is 24.0 Å². The number of pyridine rings is 1. The van der Waals surface area contributed by atoms with Gasteiger partial charge in [-0.1, -0.05) is 0 Å². The molecular weight excluding hydrogens is 214 g/mol. The highest BCUT2D eigenvalue weighted by Crippen LogP contribution is 2.20. The fraction of sp³-hybridized carbons (Fsp3) is 0.615. The van der Waals surface area contributed by atoms with Gasteiger partial charge < -0.3 is 5.11 Å². The van der Waals surface area contributed by atoms with Gasteiger partial charge in [0.2, 0.25) is 0 Å². The summed E-state index contributed by atoms with van der Waals surface area (Å²) in [5, 5.41) is 9.20. The van der Waals surface area contributed by atoms with Crippen LogP contribution in [0.4, 0.5) is 0 Å². The molecule has 0 unspecified atom stereocenters. The Kier molecular flexibility index (Phi) is 3.35. The molecule has 1 saturated heterocycles. The van der Waals surface area contributed by atoms with Crippen LogP contribution >= 0.6 is 0 Å². The van der Waals surface area contributed by atoms with Crippen LogP contribution in [0.1, 0.15) is 19.5 Å². The molecule has 0 atom stereocenters. The first-order valence-electron chi connectivity index (χ1n) is 6.05. The lowest BCUT2D eigenvalue weighted by Crippen LogP contribution is -2.57. The number of aromatic nitrogens is 1. The second-order valence-electron chi connectivity index (χ2n) is 5.45. The van der Waals surface area contributed by atoms with Gasteiger partial charge >= 0.3 is 0 Å². The third-order valence-corrected chi connectivity index (χ3v) is 3.59. The molecule has 0 aliphatic carbocycles. The molecule has 0 bridgehead atoms. The van der Waals surface area contributed by atoms with E-state index in [1.807, 2.05) is 6.07 Å². The van der Waals surface area contributed by atoms with Crippen molar-refractivity contribution in [3.63, 3.8) is 0 Å². The van der Waals surface area contributed by atoms with Gasteiger partial charge in [0.05, 0.1) is 11.9 Å². The summed E-state index contributed by atoms with van der Waals surface area (Å²) in [6.45, 7) is 8.60. The molecule has 0 radical (unpaired) electrons. The van der Waals surface area contributed by atoms with Gasteiger partial charge in [0.1, 0.15) is 5.75 Å². The summed E-state index contributed by atoms with van der Waals surface area (Å²) >= 11 is 0. The first kappa shape index (κ1) is 12.3. The average molecular weight is 235 g/mol. The van der Waals surface area contributed by atoms with Gasteiger partial charge in [-0.2, -0.15) is 0 Å². The number of hydrogen-bond donors (Lipinski definition) is 1. The van der Waals surface area contributed by atoms with Crippen LogP contribution in [0.3, 0.4) is 0 Å². The monoisotopic (exact) mass is 235 g/mol. The first-order valence-corrected chi connectivity index (χ1v) is 6.05. The van der Waals surface area contributed by atoms with E-state index in [0.29, 0.717) is 0 Å². The van der Waals surface area contributed by atoms with E-state index in [4.69, 9.17) is 0 Å². The standard InChI is InChI=1S/C13H21N3O/c1-13(2)10-16(7-6-15(13)3)9-11-4-5-12(17)8-14-11/h4-5,8,17H,6-7,9-10H2,1-3H3. The highest BCUT2D eigenvalue weighted by molar-refractivity contribution is 5.17. The molecular formula is C13H21N3O. The van der Waals surface area contributed by atoms with Crippen LogP contribution in [0.2, 0.25) is 0 Å². The van der Waals surface area contributed by atoms with Crippen molar-refractivity contribution in [3.8, 4) is 5.75 Å². The zero-order chi connectivity index (χ0) is 12.5. The maximum atomic E-state index is 9.20. The van der Waals surface area contributed by atoms with E-state index in [2.05, 4.69) is 35.7 Å². The van der Waals surface area contributed by atoms with Crippen LogP contribution in [0.5, 0.6) is 5.75 Å². The lowest BCUT2D eigenvalue weighted by molar-refractivity contribution is 0.0354. The molecule has 2 rings (SSSR count). The quantitative estimate of drug-likeness (QED) is 0.839. The topological polar surface area (TPSA) is 39.6 Å². The van der Waals surface area contributed by atoms with E-state index in [1.165, 1.54) is 6.20 Å². The van der Waals surface area contributed by atoms with E-state index < -0.39 is 0 Å². The lowest BCUT2D eigenvalue weighted by atomic mass is 9.99. The Labute approximate surface area is 103 Å². The number of hydrogen-bond acceptors (Lipinski definition) is 4. The number of likely N-dealkylation sites (N-methyl/N-ethyl adjacent to an activating group) is 1. The van der Waals surface area contributed by atoms with Crippen molar-refractivity contribution in [2.45, 2.75) is 25.9 Å². The molecule has 1 aliphatic heterocycles. The summed E-state index contributed by atoms with van der Waals surface area (Å²) in [7, 11) is 2.18. The largest absolute Gasteiger partial charge is 0.506 e. The van der Waals surface area contributed by atoms with E-state index in [-0.39, 0.29) is 11.3 Å². The summed E-state index contributed by atoms with van der Waals surface area (Å²) in [4.78, 5) is 9.05. The number of rotatable bonds is 2. The summed E-state index contributed by atoms with van der Waals surface area (Å²) in [6.07, 6.45) is 1.51. The number of aromatic hydroxyl groups is 1. The number of piperazine rings is 1. The Morgan fingerprint density at radius 2 is 2.12 bits per heavy atom. The molecule has 17 heavy (non-hydrogen) atoms. The molecule has 2 heterocycles. The molecule has 0 spiro atoms. The smallest absolute Gasteiger partial charge is 0.133 e. The third-order valence-electron chi connectivity index (χ3n) is 3.59. The normalized spacial score (nSPS) is 21.6. The van der Waals surface area contributed by atoms with Crippen LogP contribution < -0.4 is 0 Å². The zero-order valence-electron chi connectivity index (χ0n) is 10.8. The van der Waals surface area contributed by atoms with E-state index in [0.717, 1.165) is 31.9 Å². The maximum absolute atomic E-state index is 9.20. The second kappa shape index (κ2) is 4.63. The summed E-state index contributed by atoms with van der Waals surface area (Å²) in [5.41, 5.74) is 1.23. The van der Waals surface area contributed by atoms with E-state index >= 15 is 0 Å². The minimum Gasteiger partial charge on any atom is -0.506 e. The van der Waals surface area contributed by atoms with Gasteiger partial charge in [-0.05, 0) is 33.0 Å². The zero-order valence-corrected chi connectivity index (χ0v) is 10.8. The van der Waals surface area contributed by atoms with Gasteiger partial charge in [-0.15, -0.1) is 0 Å². The SMILES string of the molecule is CN1CCN(Cc2ccc(O)cn2)CC1(C)C. The van der Waals surface area contributed by atoms with Crippen molar-refractivity contribution >= 4 is 0 Å². The molecule has 0 saturated carbocycles. The lowest BCUT2D eigenvalue weighted by Gasteiger charge is -2.45. The Hall–Kier alpha value is -1.13. The Morgan fingerprint density at radius 3 is 2.71 bits per heavy atom. The van der Waals surface area contributed by atoms with Gasteiger partial charge in [-0.25, -0.2) is 0 Å². The molecule has 0 aromatic carbocycles. The minimum absolute atomic E-state index is 0.217. The molecule has 1 fully saturated rings. The van der Waals surface area contributed by atoms with Gasteiger partial charge in [0.25, 0.3) is 0 Å².